The molecule has 1 radical (unpaired) electrons. The van der Waals surface area contributed by atoms with Gasteiger partial charge in [0.25, 0.3) is 0 Å². The van der Waals surface area contributed by atoms with E-state index in [1.165, 1.54) is 0 Å². The Balaban J connectivity index is -0.0000000720. The summed E-state index contributed by atoms with van der Waals surface area (Å²) >= 11 is 0. The Morgan fingerprint density at radius 2 is 0.556 bits per heavy atom. The average molecular weight is 125 g/mol. The first kappa shape index (κ1) is 16.3. The minimum absolute atomic E-state index is 0. The van der Waals surface area contributed by atoms with Crippen molar-refractivity contribution in [3.05, 3.63) is 0 Å². The summed E-state index contributed by atoms with van der Waals surface area (Å²) in [6.07, 6.45) is 0. The van der Waals surface area contributed by atoms with Crippen molar-refractivity contribution in [2.45, 2.75) is 0 Å². The van der Waals surface area contributed by atoms with Crippen LogP contribution in [-0.2, 0) is 0 Å². The van der Waals surface area contributed by atoms with Crippen molar-refractivity contribution in [1.82, 2.24) is 9.80 Å². The van der Waals surface area contributed by atoms with Gasteiger partial charge in [0.05, 0.1) is 0 Å². The van der Waals surface area contributed by atoms with Crippen LogP contribution in [0.15, 0.2) is 0 Å². The van der Waals surface area contributed by atoms with Crippen molar-refractivity contribution >= 4 is 18.9 Å². The van der Waals surface area contributed by atoms with Gasteiger partial charge >= 0.3 is 0 Å². The van der Waals surface area contributed by atoms with Crippen LogP contribution in [0.4, 0.5) is 0 Å². The Morgan fingerprint density at radius 1 is 0.556 bits per heavy atom. The van der Waals surface area contributed by atoms with Crippen LogP contribution in [0, 0.1) is 0 Å². The molecule has 0 aliphatic heterocycles. The van der Waals surface area contributed by atoms with E-state index in [1.807, 2.05) is 52.1 Å². The van der Waals surface area contributed by atoms with Crippen LogP contribution in [0.2, 0.25) is 0 Å². The molecule has 0 fully saturated rings. The second kappa shape index (κ2) is 11.3. The van der Waals surface area contributed by atoms with Crippen LogP contribution in [0.5, 0.6) is 0 Å². The molecule has 0 saturated carbocycles. The number of rotatable bonds is 0. The normalized spacial score (nSPS) is 8.00. The number of nitrogens with zero attached hydrogens (tertiary/aromatic N) is 2. The van der Waals surface area contributed by atoms with Crippen molar-refractivity contribution in [3.8, 4) is 0 Å². The van der Waals surface area contributed by atoms with Gasteiger partial charge in [-0.05, 0) is 42.3 Å². The van der Waals surface area contributed by atoms with Gasteiger partial charge in [-0.3, -0.25) is 0 Å². The van der Waals surface area contributed by atoms with Crippen LogP contribution in [0.25, 0.3) is 0 Å². The largest absolute Gasteiger partial charge is 0.312 e. The summed E-state index contributed by atoms with van der Waals surface area (Å²) in [5.74, 6) is 0. The molecule has 0 spiro atoms. The molecule has 0 unspecified atom stereocenters. The summed E-state index contributed by atoms with van der Waals surface area (Å²) in [6, 6.07) is 0. The third kappa shape index (κ3) is 1350. The van der Waals surface area contributed by atoms with Crippen molar-refractivity contribution < 1.29 is 0 Å². The van der Waals surface area contributed by atoms with E-state index < -0.39 is 0 Å². The molecule has 53 valence electrons. The van der Waals surface area contributed by atoms with Gasteiger partial charge in [-0.1, -0.05) is 0 Å². The summed E-state index contributed by atoms with van der Waals surface area (Å²) in [5, 5.41) is 0. The first-order chi connectivity index (χ1) is 3.46. The first-order valence-electron chi connectivity index (χ1n) is 2.68. The molecule has 3 heteroatoms. The SMILES string of the molecule is CN(C)C.CN(C)C.[Li]. The molecule has 0 aromatic rings. The molecule has 2 nitrogen and oxygen atoms in total. The molecule has 0 saturated heterocycles. The van der Waals surface area contributed by atoms with E-state index >= 15 is 0 Å². The molecular weight excluding hydrogens is 107 g/mol. The van der Waals surface area contributed by atoms with Crippen LogP contribution in [-0.4, -0.2) is 70.9 Å². The zero-order valence-electron chi connectivity index (χ0n) is 7.89. The number of hydrogen-bond donors (Lipinski definition) is 0. The van der Waals surface area contributed by atoms with Gasteiger partial charge in [0.1, 0.15) is 0 Å². The third-order valence-corrected chi connectivity index (χ3v) is 0. The Bertz CT molecular complexity index is 26.5. The fraction of sp³-hybridized carbons (Fsp3) is 1.00. The zero-order valence-corrected chi connectivity index (χ0v) is 7.89. The molecule has 9 heavy (non-hydrogen) atoms. The Morgan fingerprint density at radius 3 is 0.556 bits per heavy atom. The smallest absolute Gasteiger partial charge is 0 e. The van der Waals surface area contributed by atoms with Crippen LogP contribution in [0.1, 0.15) is 0 Å². The van der Waals surface area contributed by atoms with Crippen LogP contribution >= 0.6 is 0 Å². The fourth-order valence-electron chi connectivity index (χ4n) is 0. The summed E-state index contributed by atoms with van der Waals surface area (Å²) in [7, 11) is 12.0. The Labute approximate surface area is 71.4 Å². The second-order valence-electron chi connectivity index (χ2n) is 2.68. The number of hydrogen-bond acceptors (Lipinski definition) is 2. The minimum Gasteiger partial charge on any atom is -0.312 e. The maximum atomic E-state index is 2.00. The van der Waals surface area contributed by atoms with Gasteiger partial charge in [0.15, 0.2) is 0 Å². The van der Waals surface area contributed by atoms with E-state index in [9.17, 15) is 0 Å². The van der Waals surface area contributed by atoms with Gasteiger partial charge in [0.2, 0.25) is 0 Å². The molecule has 0 atom stereocenters. The average Bonchev–Trinajstić information content (AvgIpc) is 1.25. The standard InChI is InChI=1S/2C3H9N.Li/c2*1-4(2)3;/h2*1-3H3;. The molecule has 0 aliphatic rings. The minimum atomic E-state index is 0. The summed E-state index contributed by atoms with van der Waals surface area (Å²) in [6.45, 7) is 0. The Kier molecular flexibility index (Phi) is 20.5. The zero-order chi connectivity index (χ0) is 7.15. The summed E-state index contributed by atoms with van der Waals surface area (Å²) < 4.78 is 0. The van der Waals surface area contributed by atoms with E-state index in [1.54, 1.807) is 0 Å². The van der Waals surface area contributed by atoms with E-state index in [4.69, 9.17) is 0 Å². The molecular formula is C6H18LiN2. The molecule has 0 aromatic heterocycles. The van der Waals surface area contributed by atoms with Gasteiger partial charge in [-0.15, -0.1) is 0 Å². The molecule has 0 heterocycles. The molecule has 0 aliphatic carbocycles. The van der Waals surface area contributed by atoms with Gasteiger partial charge < -0.3 is 9.80 Å². The molecule has 0 rings (SSSR count). The van der Waals surface area contributed by atoms with Gasteiger partial charge in [-0.25, -0.2) is 0 Å². The van der Waals surface area contributed by atoms with Crippen molar-refractivity contribution in [3.63, 3.8) is 0 Å². The topological polar surface area (TPSA) is 6.48 Å². The van der Waals surface area contributed by atoms with Crippen molar-refractivity contribution in [1.29, 1.82) is 0 Å². The van der Waals surface area contributed by atoms with E-state index in [-0.39, 0.29) is 18.9 Å². The summed E-state index contributed by atoms with van der Waals surface area (Å²) in [5.41, 5.74) is 0. The van der Waals surface area contributed by atoms with Crippen LogP contribution < -0.4 is 0 Å². The van der Waals surface area contributed by atoms with Crippen molar-refractivity contribution in [2.75, 3.05) is 42.3 Å². The maximum Gasteiger partial charge on any atom is 0 e. The van der Waals surface area contributed by atoms with Gasteiger partial charge in [0, 0.05) is 18.9 Å². The molecule has 0 aromatic carbocycles. The monoisotopic (exact) mass is 125 g/mol. The van der Waals surface area contributed by atoms with Gasteiger partial charge in [-0.2, -0.15) is 0 Å². The summed E-state index contributed by atoms with van der Waals surface area (Å²) in [4.78, 5) is 4.00. The van der Waals surface area contributed by atoms with Crippen LogP contribution in [0.3, 0.4) is 0 Å². The predicted molar refractivity (Wildman–Crippen MR) is 45.0 cm³/mol. The quantitative estimate of drug-likeness (QED) is 0.420. The molecule has 0 N–H and O–H groups in total. The van der Waals surface area contributed by atoms with E-state index in [2.05, 4.69) is 0 Å². The maximum absolute atomic E-state index is 2.00. The van der Waals surface area contributed by atoms with E-state index in [0.717, 1.165) is 0 Å². The molecule has 0 bridgehead atoms. The molecule has 0 amide bonds. The first-order valence-corrected chi connectivity index (χ1v) is 2.68. The fourth-order valence-corrected chi connectivity index (χ4v) is 0. The predicted octanol–water partition coefficient (Wildman–Crippen LogP) is -0.0252. The third-order valence-electron chi connectivity index (χ3n) is 0. The van der Waals surface area contributed by atoms with E-state index in [0.29, 0.717) is 0 Å². The Hall–Kier alpha value is 0.517. The van der Waals surface area contributed by atoms with Crippen molar-refractivity contribution in [2.24, 2.45) is 0 Å². The second-order valence-corrected chi connectivity index (χ2v) is 2.68.